The van der Waals surface area contributed by atoms with E-state index in [-0.39, 0.29) is 21.1 Å². The predicted octanol–water partition coefficient (Wildman–Crippen LogP) is 2.62. The molecule has 0 aromatic carbocycles. The zero-order valence-corrected chi connectivity index (χ0v) is 13.9. The minimum Gasteiger partial charge on any atom is -0.479 e. The number of rotatable bonds is 6. The second-order valence-corrected chi connectivity index (χ2v) is 3.67. The van der Waals surface area contributed by atoms with E-state index in [0.717, 1.165) is 5.33 Å². The van der Waals surface area contributed by atoms with E-state index in [0.29, 0.717) is 25.7 Å². The molecule has 0 aliphatic rings. The van der Waals surface area contributed by atoms with Crippen LogP contribution in [0.25, 0.3) is 0 Å². The molecule has 1 atom stereocenters. The molecule has 5 heteroatoms. The molecule has 0 aromatic rings. The Balaban J connectivity index is -0.000000449. The Morgan fingerprint density at radius 3 is 2.13 bits per heavy atom. The Bertz CT molecular complexity index is 156. The summed E-state index contributed by atoms with van der Waals surface area (Å²) in [4.78, 5) is 10.7. The SMILES string of the molecule is CCCC(O)(CCCBr)C(=O)O.[CH2-]C.[W]. The van der Waals surface area contributed by atoms with Gasteiger partial charge in [-0.1, -0.05) is 29.3 Å². The normalized spacial score (nSPS) is 12.9. The van der Waals surface area contributed by atoms with Crippen molar-refractivity contribution < 1.29 is 36.1 Å². The molecule has 92 valence electrons. The molecule has 2 N–H and O–H groups in total. The first kappa shape index (κ1) is 20.9. The Morgan fingerprint density at radius 1 is 1.40 bits per heavy atom. The van der Waals surface area contributed by atoms with Crippen LogP contribution < -0.4 is 0 Å². The molecule has 0 aliphatic heterocycles. The van der Waals surface area contributed by atoms with Crippen LogP contribution in [-0.4, -0.2) is 27.1 Å². The summed E-state index contributed by atoms with van der Waals surface area (Å²) in [5, 5.41) is 19.1. The van der Waals surface area contributed by atoms with Gasteiger partial charge in [0.1, 0.15) is 0 Å². The van der Waals surface area contributed by atoms with Crippen molar-refractivity contribution in [1.82, 2.24) is 0 Å². The molecule has 3 nitrogen and oxygen atoms in total. The number of carbonyl (C=O) groups is 1. The van der Waals surface area contributed by atoms with Crippen molar-refractivity contribution in [2.45, 2.75) is 45.1 Å². The second-order valence-electron chi connectivity index (χ2n) is 2.88. The average Bonchev–Trinajstić information content (AvgIpc) is 2.18. The molecule has 0 aliphatic carbocycles. The zero-order valence-electron chi connectivity index (χ0n) is 9.33. The summed E-state index contributed by atoms with van der Waals surface area (Å²) in [6, 6.07) is 0. The summed E-state index contributed by atoms with van der Waals surface area (Å²) in [5.41, 5.74) is -1.51. The Hall–Kier alpha value is 0.598. The van der Waals surface area contributed by atoms with Crippen LogP contribution in [0.15, 0.2) is 0 Å². The first-order valence-corrected chi connectivity index (χ1v) is 5.91. The summed E-state index contributed by atoms with van der Waals surface area (Å²) in [6.45, 7) is 6.86. The van der Waals surface area contributed by atoms with Crippen LogP contribution in [0.5, 0.6) is 0 Å². The summed E-state index contributed by atoms with van der Waals surface area (Å²) in [7, 11) is 0. The maximum atomic E-state index is 10.7. The van der Waals surface area contributed by atoms with Gasteiger partial charge < -0.3 is 17.1 Å². The summed E-state index contributed by atoms with van der Waals surface area (Å²) in [5.74, 6) is -1.11. The van der Waals surface area contributed by atoms with Gasteiger partial charge in [0.25, 0.3) is 0 Å². The topological polar surface area (TPSA) is 57.5 Å². The van der Waals surface area contributed by atoms with Crippen molar-refractivity contribution in [1.29, 1.82) is 0 Å². The first-order chi connectivity index (χ1) is 6.56. The van der Waals surface area contributed by atoms with Crippen LogP contribution in [0.4, 0.5) is 0 Å². The molecule has 0 saturated heterocycles. The number of aliphatic carboxylic acids is 1. The molecule has 0 fully saturated rings. The predicted molar refractivity (Wildman–Crippen MR) is 61.6 cm³/mol. The number of halogens is 1. The van der Waals surface area contributed by atoms with Gasteiger partial charge in [-0.05, 0) is 19.3 Å². The minimum absolute atomic E-state index is 0. The van der Waals surface area contributed by atoms with E-state index < -0.39 is 11.6 Å². The van der Waals surface area contributed by atoms with Crippen molar-refractivity contribution in [2.24, 2.45) is 0 Å². The van der Waals surface area contributed by atoms with Crippen molar-refractivity contribution in [2.75, 3.05) is 5.33 Å². The quantitative estimate of drug-likeness (QED) is 0.482. The van der Waals surface area contributed by atoms with Gasteiger partial charge in [-0.15, -0.1) is 0 Å². The molecule has 0 rings (SSSR count). The van der Waals surface area contributed by atoms with Crippen molar-refractivity contribution in [3.8, 4) is 0 Å². The Labute approximate surface area is 115 Å². The van der Waals surface area contributed by atoms with E-state index in [4.69, 9.17) is 5.11 Å². The molecule has 0 spiro atoms. The standard InChI is InChI=1S/C8H15BrO3.C2H5.W/c1-2-4-8(12,7(10)11)5-3-6-9;1-2;/h12H,2-6H2,1H3,(H,10,11);1H2,2H3;/q;-1;. The van der Waals surface area contributed by atoms with Crippen molar-refractivity contribution in [3.63, 3.8) is 0 Å². The molecule has 15 heavy (non-hydrogen) atoms. The molecule has 0 aromatic heterocycles. The van der Waals surface area contributed by atoms with Crippen molar-refractivity contribution in [3.05, 3.63) is 6.92 Å². The Morgan fingerprint density at radius 2 is 1.87 bits per heavy atom. The molecule has 0 amide bonds. The largest absolute Gasteiger partial charge is 0.479 e. The molecule has 0 saturated carbocycles. The fraction of sp³-hybridized carbons (Fsp3) is 0.800. The zero-order chi connectivity index (χ0) is 11.6. The van der Waals surface area contributed by atoms with Gasteiger partial charge >= 0.3 is 5.97 Å². The summed E-state index contributed by atoms with van der Waals surface area (Å²) >= 11 is 3.20. The van der Waals surface area contributed by atoms with Gasteiger partial charge in [0, 0.05) is 26.4 Å². The van der Waals surface area contributed by atoms with Crippen LogP contribution in [0.1, 0.15) is 39.5 Å². The number of alkyl halides is 1. The van der Waals surface area contributed by atoms with E-state index in [1.807, 2.05) is 6.92 Å². The third-order valence-corrected chi connectivity index (χ3v) is 2.35. The number of carboxylic acid groups (broad SMARTS) is 1. The molecular formula is C10H20BrO3W-. The summed E-state index contributed by atoms with van der Waals surface area (Å²) in [6.07, 6.45) is 2.02. The van der Waals surface area contributed by atoms with Gasteiger partial charge in [0.05, 0.1) is 0 Å². The smallest absolute Gasteiger partial charge is 0.335 e. The van der Waals surface area contributed by atoms with E-state index in [1.54, 1.807) is 6.92 Å². The van der Waals surface area contributed by atoms with Crippen LogP contribution in [0, 0.1) is 6.92 Å². The number of hydrogen-bond donors (Lipinski definition) is 2. The maximum Gasteiger partial charge on any atom is 0.335 e. The van der Waals surface area contributed by atoms with E-state index in [9.17, 15) is 9.90 Å². The number of aliphatic hydroxyl groups is 1. The Kier molecular flexibility index (Phi) is 17.7. The van der Waals surface area contributed by atoms with E-state index in [1.165, 1.54) is 0 Å². The van der Waals surface area contributed by atoms with Gasteiger partial charge in [0.2, 0.25) is 0 Å². The average molecular weight is 452 g/mol. The molecule has 1 unspecified atom stereocenters. The van der Waals surface area contributed by atoms with E-state index >= 15 is 0 Å². The monoisotopic (exact) mass is 451 g/mol. The van der Waals surface area contributed by atoms with Crippen LogP contribution in [-0.2, 0) is 25.9 Å². The van der Waals surface area contributed by atoms with Gasteiger partial charge in [0.15, 0.2) is 5.60 Å². The van der Waals surface area contributed by atoms with Crippen LogP contribution in [0.2, 0.25) is 0 Å². The van der Waals surface area contributed by atoms with E-state index in [2.05, 4.69) is 22.9 Å². The van der Waals surface area contributed by atoms with Crippen molar-refractivity contribution >= 4 is 21.9 Å². The third-order valence-electron chi connectivity index (χ3n) is 1.79. The molecular weight excluding hydrogens is 432 g/mol. The first-order valence-electron chi connectivity index (χ1n) is 4.79. The molecule has 0 radical (unpaired) electrons. The van der Waals surface area contributed by atoms with Gasteiger partial charge in [-0.3, -0.25) is 0 Å². The fourth-order valence-electron chi connectivity index (χ4n) is 1.11. The molecule has 0 heterocycles. The number of carboxylic acids is 1. The van der Waals surface area contributed by atoms with Crippen LogP contribution in [0.3, 0.4) is 0 Å². The maximum absolute atomic E-state index is 10.7. The van der Waals surface area contributed by atoms with Crippen LogP contribution >= 0.6 is 15.9 Å². The van der Waals surface area contributed by atoms with Gasteiger partial charge in [-0.2, -0.15) is 6.92 Å². The third kappa shape index (κ3) is 9.52. The minimum atomic E-state index is -1.51. The van der Waals surface area contributed by atoms with Gasteiger partial charge in [-0.25, -0.2) is 4.79 Å². The second kappa shape index (κ2) is 12.7. The number of hydrogen-bond acceptors (Lipinski definition) is 2. The molecule has 0 bridgehead atoms. The fourth-order valence-corrected chi connectivity index (χ4v) is 1.39. The summed E-state index contributed by atoms with van der Waals surface area (Å²) < 4.78 is 0.